The van der Waals surface area contributed by atoms with Gasteiger partial charge in [-0.2, -0.15) is 18.4 Å². The van der Waals surface area contributed by atoms with Crippen LogP contribution in [0.4, 0.5) is 13.2 Å². The zero-order valence-electron chi connectivity index (χ0n) is 9.59. The molecule has 20 heavy (non-hydrogen) atoms. The van der Waals surface area contributed by atoms with Gasteiger partial charge in [-0.15, -0.1) is 5.10 Å². The van der Waals surface area contributed by atoms with Crippen LogP contribution < -0.4 is 0 Å². The largest absolute Gasteiger partial charge is 0.476 e. The summed E-state index contributed by atoms with van der Waals surface area (Å²) >= 11 is 0. The van der Waals surface area contributed by atoms with Crippen molar-refractivity contribution in [3.8, 4) is 11.8 Å². The van der Waals surface area contributed by atoms with E-state index in [-0.39, 0.29) is 11.4 Å². The minimum absolute atomic E-state index is 0.147. The van der Waals surface area contributed by atoms with Gasteiger partial charge in [0, 0.05) is 0 Å². The zero-order valence-corrected chi connectivity index (χ0v) is 9.59. The predicted molar refractivity (Wildman–Crippen MR) is 58.0 cm³/mol. The van der Waals surface area contributed by atoms with Gasteiger partial charge in [-0.1, -0.05) is 5.21 Å². The van der Waals surface area contributed by atoms with Crippen molar-refractivity contribution in [2.45, 2.75) is 6.18 Å². The molecule has 0 aliphatic heterocycles. The number of alkyl halides is 3. The standard InChI is InChI=1S/C11H5F3N4O2/c12-11(13,14)8-3-7(2-1-6(8)4-15)18-9(10(19)20)5-16-17-18/h1-3,5H,(H,19,20). The van der Waals surface area contributed by atoms with Crippen LogP contribution in [-0.4, -0.2) is 26.1 Å². The Kier molecular flexibility index (Phi) is 3.15. The lowest BCUT2D eigenvalue weighted by Crippen LogP contribution is -2.12. The smallest absolute Gasteiger partial charge is 0.417 e. The molecule has 1 N–H and O–H groups in total. The fraction of sp³-hybridized carbons (Fsp3) is 0.0909. The predicted octanol–water partition coefficient (Wildman–Crippen LogP) is 1.86. The number of carbonyl (C=O) groups is 1. The van der Waals surface area contributed by atoms with Crippen LogP contribution in [0.2, 0.25) is 0 Å². The SMILES string of the molecule is N#Cc1ccc(-n2nncc2C(=O)O)cc1C(F)(F)F. The van der Waals surface area contributed by atoms with Crippen molar-refractivity contribution in [3.63, 3.8) is 0 Å². The molecule has 1 heterocycles. The van der Waals surface area contributed by atoms with Crippen molar-refractivity contribution < 1.29 is 23.1 Å². The highest BCUT2D eigenvalue weighted by Crippen LogP contribution is 2.33. The Morgan fingerprint density at radius 1 is 1.40 bits per heavy atom. The molecule has 0 bridgehead atoms. The highest BCUT2D eigenvalue weighted by Gasteiger charge is 2.34. The van der Waals surface area contributed by atoms with Crippen molar-refractivity contribution in [1.82, 2.24) is 15.0 Å². The van der Waals surface area contributed by atoms with Gasteiger partial charge in [-0.05, 0) is 18.2 Å². The Bertz CT molecular complexity index is 715. The normalized spacial score (nSPS) is 11.1. The van der Waals surface area contributed by atoms with Gasteiger partial charge in [0.05, 0.1) is 29.1 Å². The molecule has 0 fully saturated rings. The molecular weight excluding hydrogens is 277 g/mol. The van der Waals surface area contributed by atoms with E-state index in [0.29, 0.717) is 6.07 Å². The Hall–Kier alpha value is -2.89. The van der Waals surface area contributed by atoms with Gasteiger partial charge in [0.2, 0.25) is 0 Å². The maximum Gasteiger partial charge on any atom is 0.417 e. The molecule has 0 aliphatic carbocycles. The summed E-state index contributed by atoms with van der Waals surface area (Å²) in [6.07, 6.45) is -3.82. The molecule has 9 heteroatoms. The van der Waals surface area contributed by atoms with Crippen molar-refractivity contribution in [1.29, 1.82) is 5.26 Å². The van der Waals surface area contributed by atoms with E-state index in [4.69, 9.17) is 10.4 Å². The average Bonchev–Trinajstić information content (AvgIpc) is 2.86. The van der Waals surface area contributed by atoms with Gasteiger partial charge in [0.1, 0.15) is 0 Å². The molecule has 0 amide bonds. The number of halogens is 3. The third-order valence-electron chi connectivity index (χ3n) is 2.44. The summed E-state index contributed by atoms with van der Waals surface area (Å²) in [5, 5.41) is 24.3. The van der Waals surface area contributed by atoms with E-state index in [1.54, 1.807) is 0 Å². The maximum atomic E-state index is 12.8. The fourth-order valence-corrected chi connectivity index (χ4v) is 1.57. The van der Waals surface area contributed by atoms with Gasteiger partial charge >= 0.3 is 12.1 Å². The first-order chi connectivity index (χ1) is 9.34. The summed E-state index contributed by atoms with van der Waals surface area (Å²) in [4.78, 5) is 10.9. The van der Waals surface area contributed by atoms with Crippen molar-refractivity contribution in [2.75, 3.05) is 0 Å². The molecule has 0 radical (unpaired) electrons. The molecule has 1 aromatic carbocycles. The van der Waals surface area contributed by atoms with Crippen LogP contribution in [0.15, 0.2) is 24.4 Å². The molecule has 2 aromatic rings. The van der Waals surface area contributed by atoms with Gasteiger partial charge < -0.3 is 5.11 Å². The molecule has 0 aliphatic rings. The summed E-state index contributed by atoms with van der Waals surface area (Å²) < 4.78 is 39.2. The highest BCUT2D eigenvalue weighted by molar-refractivity contribution is 5.85. The summed E-state index contributed by atoms with van der Waals surface area (Å²) in [5.41, 5.74) is -2.25. The summed E-state index contributed by atoms with van der Waals surface area (Å²) in [6.45, 7) is 0. The number of nitriles is 1. The number of carboxylic acid groups (broad SMARTS) is 1. The lowest BCUT2D eigenvalue weighted by Gasteiger charge is -2.11. The Morgan fingerprint density at radius 2 is 2.10 bits per heavy atom. The molecule has 0 unspecified atom stereocenters. The van der Waals surface area contributed by atoms with E-state index in [9.17, 15) is 18.0 Å². The van der Waals surface area contributed by atoms with Crippen LogP contribution in [0.3, 0.4) is 0 Å². The molecule has 0 atom stereocenters. The van der Waals surface area contributed by atoms with Gasteiger partial charge in [0.15, 0.2) is 5.69 Å². The first-order valence-corrected chi connectivity index (χ1v) is 5.10. The van der Waals surface area contributed by atoms with Gasteiger partial charge in [-0.3, -0.25) is 0 Å². The van der Waals surface area contributed by atoms with Crippen LogP contribution in [0.25, 0.3) is 5.69 Å². The quantitative estimate of drug-likeness (QED) is 0.907. The van der Waals surface area contributed by atoms with E-state index in [1.165, 1.54) is 6.07 Å². The fourth-order valence-electron chi connectivity index (χ4n) is 1.57. The number of carboxylic acids is 1. The van der Waals surface area contributed by atoms with E-state index in [2.05, 4.69) is 10.3 Å². The molecule has 0 spiro atoms. The van der Waals surface area contributed by atoms with Crippen molar-refractivity contribution in [3.05, 3.63) is 41.2 Å². The maximum absolute atomic E-state index is 12.8. The van der Waals surface area contributed by atoms with Crippen LogP contribution in [-0.2, 0) is 6.18 Å². The van der Waals surface area contributed by atoms with Crippen LogP contribution in [0.5, 0.6) is 0 Å². The lowest BCUT2D eigenvalue weighted by molar-refractivity contribution is -0.137. The second-order valence-corrected chi connectivity index (χ2v) is 3.68. The zero-order chi connectivity index (χ0) is 14.9. The van der Waals surface area contributed by atoms with Crippen LogP contribution in [0, 0.1) is 11.3 Å². The Balaban J connectivity index is 2.63. The van der Waals surface area contributed by atoms with Crippen molar-refractivity contribution in [2.24, 2.45) is 0 Å². The molecular formula is C11H5F3N4O2. The highest BCUT2D eigenvalue weighted by atomic mass is 19.4. The second kappa shape index (κ2) is 4.65. The first kappa shape index (κ1) is 13.5. The Labute approximate surface area is 109 Å². The van der Waals surface area contributed by atoms with Crippen molar-refractivity contribution >= 4 is 5.97 Å². The number of nitrogens with zero attached hydrogens (tertiary/aromatic N) is 4. The summed E-state index contributed by atoms with van der Waals surface area (Å²) in [6, 6.07) is 4.19. The molecule has 2 rings (SSSR count). The number of benzene rings is 1. The molecule has 102 valence electrons. The third-order valence-corrected chi connectivity index (χ3v) is 2.44. The third kappa shape index (κ3) is 2.31. The number of hydrogen-bond acceptors (Lipinski definition) is 4. The topological polar surface area (TPSA) is 91.8 Å². The van der Waals surface area contributed by atoms with Gasteiger partial charge in [-0.25, -0.2) is 9.48 Å². The van der Waals surface area contributed by atoms with Crippen LogP contribution in [0.1, 0.15) is 21.6 Å². The minimum Gasteiger partial charge on any atom is -0.476 e. The second-order valence-electron chi connectivity index (χ2n) is 3.68. The van der Waals surface area contributed by atoms with E-state index >= 15 is 0 Å². The Morgan fingerprint density at radius 3 is 2.65 bits per heavy atom. The molecule has 0 saturated heterocycles. The lowest BCUT2D eigenvalue weighted by atomic mass is 10.1. The number of aromatic carboxylic acids is 1. The molecule has 6 nitrogen and oxygen atoms in total. The van der Waals surface area contributed by atoms with E-state index in [0.717, 1.165) is 23.0 Å². The minimum atomic E-state index is -4.73. The van der Waals surface area contributed by atoms with Gasteiger partial charge in [0.25, 0.3) is 0 Å². The average molecular weight is 282 g/mol. The number of rotatable bonds is 2. The van der Waals surface area contributed by atoms with E-state index < -0.39 is 23.3 Å². The summed E-state index contributed by atoms with van der Waals surface area (Å²) in [7, 11) is 0. The number of hydrogen-bond donors (Lipinski definition) is 1. The monoisotopic (exact) mass is 282 g/mol. The van der Waals surface area contributed by atoms with E-state index in [1.807, 2.05) is 0 Å². The number of aromatic nitrogens is 3. The van der Waals surface area contributed by atoms with Crippen LogP contribution >= 0.6 is 0 Å². The first-order valence-electron chi connectivity index (χ1n) is 5.10. The molecule has 1 aromatic heterocycles. The summed E-state index contributed by atoms with van der Waals surface area (Å²) in [5.74, 6) is -1.38. The molecule has 0 saturated carbocycles.